The Balaban J connectivity index is 2.31. The summed E-state index contributed by atoms with van der Waals surface area (Å²) in [5, 5.41) is 13.6. The molecule has 0 saturated carbocycles. The Labute approximate surface area is 173 Å². The zero-order valence-electron chi connectivity index (χ0n) is 16.6. The molecule has 160 valence electrons. The number of nitrogens with zero attached hydrogens (tertiary/aromatic N) is 2. The first-order chi connectivity index (χ1) is 14.0. The molecule has 0 unspecified atom stereocenters. The Kier molecular flexibility index (Phi) is 7.11. The first-order valence-corrected chi connectivity index (χ1v) is 10.7. The van der Waals surface area contributed by atoms with E-state index in [4.69, 9.17) is 4.74 Å². The van der Waals surface area contributed by atoms with Crippen LogP contribution in [0.25, 0.3) is 0 Å². The van der Waals surface area contributed by atoms with Crippen molar-refractivity contribution in [3.05, 3.63) is 64.2 Å². The van der Waals surface area contributed by atoms with Crippen LogP contribution in [0.2, 0.25) is 0 Å². The molecule has 0 saturated heterocycles. The summed E-state index contributed by atoms with van der Waals surface area (Å²) in [7, 11) is -3.95. The Morgan fingerprint density at radius 1 is 1.20 bits per heavy atom. The van der Waals surface area contributed by atoms with Gasteiger partial charge in [0.2, 0.25) is 15.9 Å². The summed E-state index contributed by atoms with van der Waals surface area (Å²) < 4.78 is 30.4. The lowest BCUT2D eigenvalue weighted by Gasteiger charge is -2.28. The maximum atomic E-state index is 12.7. The van der Waals surface area contributed by atoms with Crippen molar-refractivity contribution in [1.29, 1.82) is 0 Å². The molecule has 0 aliphatic carbocycles. The summed E-state index contributed by atoms with van der Waals surface area (Å²) in [6.45, 7) is 3.21. The molecular weight excluding hydrogens is 414 g/mol. The number of hydrogen-bond donors (Lipinski definition) is 1. The highest BCUT2D eigenvalue weighted by atomic mass is 32.2. The monoisotopic (exact) mass is 435 g/mol. The number of nitrogens with one attached hydrogen (secondary N) is 1. The van der Waals surface area contributed by atoms with E-state index >= 15 is 0 Å². The maximum Gasteiger partial charge on any atom is 0.338 e. The van der Waals surface area contributed by atoms with Crippen LogP contribution in [0.1, 0.15) is 24.2 Å². The van der Waals surface area contributed by atoms with Gasteiger partial charge >= 0.3 is 5.97 Å². The van der Waals surface area contributed by atoms with Crippen molar-refractivity contribution in [2.24, 2.45) is 0 Å². The minimum atomic E-state index is -3.95. The Morgan fingerprint density at radius 2 is 1.87 bits per heavy atom. The highest BCUT2D eigenvalue weighted by Crippen LogP contribution is 2.26. The SMILES string of the molecule is CCOC(=O)c1cccc(NC(=O)[C@@H](C)N(c2cccc([N+](=O)[O-])c2)S(C)(=O)=O)c1. The molecule has 11 heteroatoms. The number of anilines is 2. The molecule has 0 bridgehead atoms. The van der Waals surface area contributed by atoms with Crippen LogP contribution in [0.4, 0.5) is 17.1 Å². The minimum Gasteiger partial charge on any atom is -0.462 e. The lowest BCUT2D eigenvalue weighted by atomic mass is 10.2. The standard InChI is InChI=1S/C19H21N3O7S/c1-4-29-19(24)14-7-5-8-15(11-14)20-18(23)13(2)21(30(3,27)28)16-9-6-10-17(12-16)22(25)26/h5-13H,4H2,1-3H3,(H,20,23)/t13-/m1/s1. The second-order valence-corrected chi connectivity index (χ2v) is 8.16. The average Bonchev–Trinajstić information content (AvgIpc) is 2.67. The van der Waals surface area contributed by atoms with Gasteiger partial charge in [-0.1, -0.05) is 12.1 Å². The van der Waals surface area contributed by atoms with Gasteiger partial charge in [0.25, 0.3) is 5.69 Å². The topological polar surface area (TPSA) is 136 Å². The van der Waals surface area contributed by atoms with E-state index in [0.29, 0.717) is 0 Å². The third-order valence-electron chi connectivity index (χ3n) is 4.02. The van der Waals surface area contributed by atoms with Crippen LogP contribution >= 0.6 is 0 Å². The fourth-order valence-corrected chi connectivity index (χ4v) is 3.90. The molecule has 0 fully saturated rings. The zero-order valence-corrected chi connectivity index (χ0v) is 17.4. The van der Waals surface area contributed by atoms with E-state index in [-0.39, 0.29) is 29.2 Å². The summed E-state index contributed by atoms with van der Waals surface area (Å²) in [4.78, 5) is 35.0. The highest BCUT2D eigenvalue weighted by Gasteiger charge is 2.30. The molecule has 10 nitrogen and oxygen atoms in total. The molecule has 1 N–H and O–H groups in total. The van der Waals surface area contributed by atoms with E-state index in [1.165, 1.54) is 43.3 Å². The number of rotatable bonds is 8. The van der Waals surface area contributed by atoms with E-state index in [9.17, 15) is 28.1 Å². The lowest BCUT2D eigenvalue weighted by Crippen LogP contribution is -2.45. The fraction of sp³-hybridized carbons (Fsp3) is 0.263. The van der Waals surface area contributed by atoms with E-state index in [0.717, 1.165) is 16.6 Å². The summed E-state index contributed by atoms with van der Waals surface area (Å²) >= 11 is 0. The van der Waals surface area contributed by atoms with Crippen LogP contribution in [0, 0.1) is 10.1 Å². The third-order valence-corrected chi connectivity index (χ3v) is 5.27. The van der Waals surface area contributed by atoms with Gasteiger partial charge in [-0.05, 0) is 38.1 Å². The minimum absolute atomic E-state index is 0.0189. The molecule has 30 heavy (non-hydrogen) atoms. The Morgan fingerprint density at radius 3 is 2.47 bits per heavy atom. The van der Waals surface area contributed by atoms with Crippen LogP contribution < -0.4 is 9.62 Å². The number of sulfonamides is 1. The molecule has 1 atom stereocenters. The van der Waals surface area contributed by atoms with E-state index in [2.05, 4.69) is 5.32 Å². The van der Waals surface area contributed by atoms with Crippen molar-refractivity contribution < 1.29 is 27.7 Å². The van der Waals surface area contributed by atoms with Crippen LogP contribution in [-0.2, 0) is 19.6 Å². The molecule has 0 aromatic heterocycles. The average molecular weight is 435 g/mol. The van der Waals surface area contributed by atoms with E-state index in [1.54, 1.807) is 13.0 Å². The Bertz CT molecular complexity index is 1070. The number of benzene rings is 2. The number of carbonyl (C=O) groups excluding carboxylic acids is 2. The normalized spacial score (nSPS) is 12.0. The predicted molar refractivity (Wildman–Crippen MR) is 111 cm³/mol. The smallest absolute Gasteiger partial charge is 0.338 e. The second kappa shape index (κ2) is 9.35. The summed E-state index contributed by atoms with van der Waals surface area (Å²) in [5.41, 5.74) is 0.163. The molecule has 0 spiro atoms. The third kappa shape index (κ3) is 5.54. The van der Waals surface area contributed by atoms with Gasteiger partial charge in [0, 0.05) is 17.8 Å². The summed E-state index contributed by atoms with van der Waals surface area (Å²) in [5.74, 6) is -1.25. The molecule has 2 aromatic carbocycles. The van der Waals surface area contributed by atoms with Gasteiger partial charge in [-0.3, -0.25) is 19.2 Å². The number of ether oxygens (including phenoxy) is 1. The fourth-order valence-electron chi connectivity index (χ4n) is 2.74. The number of nitro benzene ring substituents is 1. The van der Waals surface area contributed by atoms with Gasteiger partial charge in [0.05, 0.1) is 29.0 Å². The first kappa shape index (κ1) is 22.8. The number of amides is 1. The van der Waals surface area contributed by atoms with Crippen molar-refractivity contribution in [3.63, 3.8) is 0 Å². The van der Waals surface area contributed by atoms with Crippen molar-refractivity contribution in [2.75, 3.05) is 22.5 Å². The molecular formula is C19H21N3O7S. The number of non-ortho nitro benzene ring substituents is 1. The Hall–Kier alpha value is -3.47. The van der Waals surface area contributed by atoms with Crippen LogP contribution in [-0.4, -0.2) is 44.1 Å². The molecule has 0 radical (unpaired) electrons. The van der Waals surface area contributed by atoms with Crippen molar-refractivity contribution in [3.8, 4) is 0 Å². The molecule has 0 heterocycles. The molecule has 1 amide bonds. The number of carbonyl (C=O) groups is 2. The van der Waals surface area contributed by atoms with Crippen LogP contribution in [0.5, 0.6) is 0 Å². The summed E-state index contributed by atoms with van der Waals surface area (Å²) in [6, 6.07) is 9.75. The zero-order chi connectivity index (χ0) is 22.5. The lowest BCUT2D eigenvalue weighted by molar-refractivity contribution is -0.384. The highest BCUT2D eigenvalue weighted by molar-refractivity contribution is 7.92. The van der Waals surface area contributed by atoms with Crippen molar-refractivity contribution >= 4 is 39.0 Å². The van der Waals surface area contributed by atoms with E-state index < -0.39 is 32.9 Å². The predicted octanol–water partition coefficient (Wildman–Crippen LogP) is 2.56. The van der Waals surface area contributed by atoms with Gasteiger partial charge in [0.1, 0.15) is 6.04 Å². The van der Waals surface area contributed by atoms with Crippen LogP contribution in [0.15, 0.2) is 48.5 Å². The second-order valence-electron chi connectivity index (χ2n) is 6.30. The van der Waals surface area contributed by atoms with Gasteiger partial charge in [0.15, 0.2) is 0 Å². The van der Waals surface area contributed by atoms with E-state index in [1.807, 2.05) is 0 Å². The number of esters is 1. The molecule has 2 aromatic rings. The maximum absolute atomic E-state index is 12.7. The largest absolute Gasteiger partial charge is 0.462 e. The first-order valence-electron chi connectivity index (χ1n) is 8.86. The van der Waals surface area contributed by atoms with Gasteiger partial charge in [-0.25, -0.2) is 13.2 Å². The van der Waals surface area contributed by atoms with Gasteiger partial charge in [-0.15, -0.1) is 0 Å². The molecule has 0 aliphatic heterocycles. The number of hydrogen-bond acceptors (Lipinski definition) is 7. The molecule has 0 aliphatic rings. The number of nitro groups is 1. The quantitative estimate of drug-likeness (QED) is 0.382. The van der Waals surface area contributed by atoms with Crippen molar-refractivity contribution in [1.82, 2.24) is 0 Å². The summed E-state index contributed by atoms with van der Waals surface area (Å²) in [6.07, 6.45) is 0.900. The molecule has 2 rings (SSSR count). The van der Waals surface area contributed by atoms with Crippen molar-refractivity contribution in [2.45, 2.75) is 19.9 Å². The van der Waals surface area contributed by atoms with Gasteiger partial charge < -0.3 is 10.1 Å². The van der Waals surface area contributed by atoms with Gasteiger partial charge in [-0.2, -0.15) is 0 Å². The van der Waals surface area contributed by atoms with Crippen LogP contribution in [0.3, 0.4) is 0 Å².